The SMILES string of the molecule is CC(=NC(=O)[C@H](C)O[Si](C)(C)C(C)(C)C)N(C)C. The van der Waals surface area contributed by atoms with Gasteiger partial charge in [-0.3, -0.25) is 4.79 Å². The fourth-order valence-electron chi connectivity index (χ4n) is 1.02. The van der Waals surface area contributed by atoms with Crippen molar-refractivity contribution in [3.63, 3.8) is 0 Å². The lowest BCUT2D eigenvalue weighted by atomic mass is 10.2. The standard InChI is InChI=1S/C13H28N2O2Si/c1-10(12(16)14-11(2)15(6)7)17-18(8,9)13(3,4)5/h10H,1-9H3/t10-/m0/s1. The number of amidine groups is 1. The maximum absolute atomic E-state index is 11.9. The molecule has 106 valence electrons. The van der Waals surface area contributed by atoms with Crippen LogP contribution in [0.25, 0.3) is 0 Å². The molecule has 18 heavy (non-hydrogen) atoms. The maximum Gasteiger partial charge on any atom is 0.274 e. The third kappa shape index (κ3) is 4.90. The van der Waals surface area contributed by atoms with Crippen molar-refractivity contribution < 1.29 is 9.22 Å². The molecule has 0 radical (unpaired) electrons. The molecule has 0 aromatic heterocycles. The molecule has 4 nitrogen and oxygen atoms in total. The van der Waals surface area contributed by atoms with Crippen molar-refractivity contribution in [3.05, 3.63) is 0 Å². The summed E-state index contributed by atoms with van der Waals surface area (Å²) in [7, 11) is 1.82. The van der Waals surface area contributed by atoms with E-state index in [-0.39, 0.29) is 10.9 Å². The van der Waals surface area contributed by atoms with E-state index in [2.05, 4.69) is 38.9 Å². The molecule has 1 atom stereocenters. The summed E-state index contributed by atoms with van der Waals surface area (Å²) in [5, 5.41) is 0.0991. The Hall–Kier alpha value is -0.683. The molecule has 0 bridgehead atoms. The second kappa shape index (κ2) is 5.97. The fraction of sp³-hybridized carbons (Fsp3) is 0.846. The van der Waals surface area contributed by atoms with E-state index in [1.807, 2.05) is 25.9 Å². The molecule has 0 fully saturated rings. The van der Waals surface area contributed by atoms with Crippen molar-refractivity contribution in [2.45, 2.75) is 58.9 Å². The molecular formula is C13H28N2O2Si. The van der Waals surface area contributed by atoms with Crippen molar-refractivity contribution >= 4 is 20.1 Å². The van der Waals surface area contributed by atoms with E-state index >= 15 is 0 Å². The number of aliphatic imine (C=N–C) groups is 1. The number of nitrogens with zero attached hydrogens (tertiary/aromatic N) is 2. The molecule has 0 saturated carbocycles. The van der Waals surface area contributed by atoms with Gasteiger partial charge < -0.3 is 9.33 Å². The Morgan fingerprint density at radius 3 is 2.06 bits per heavy atom. The lowest BCUT2D eigenvalue weighted by molar-refractivity contribution is -0.124. The van der Waals surface area contributed by atoms with Gasteiger partial charge >= 0.3 is 0 Å². The number of hydrogen-bond acceptors (Lipinski definition) is 2. The van der Waals surface area contributed by atoms with Crippen LogP contribution < -0.4 is 0 Å². The summed E-state index contributed by atoms with van der Waals surface area (Å²) in [6.45, 7) is 14.4. The van der Waals surface area contributed by atoms with E-state index in [9.17, 15) is 4.79 Å². The van der Waals surface area contributed by atoms with Crippen LogP contribution in [0.5, 0.6) is 0 Å². The van der Waals surface area contributed by atoms with Gasteiger partial charge in [0.25, 0.3) is 5.91 Å². The number of rotatable bonds is 3. The minimum Gasteiger partial charge on any atom is -0.405 e. The van der Waals surface area contributed by atoms with Gasteiger partial charge in [0.15, 0.2) is 8.32 Å². The Kier molecular flexibility index (Phi) is 5.75. The number of hydrogen-bond donors (Lipinski definition) is 0. The molecule has 0 aliphatic carbocycles. The van der Waals surface area contributed by atoms with E-state index < -0.39 is 14.4 Å². The maximum atomic E-state index is 11.9. The zero-order valence-electron chi connectivity index (χ0n) is 13.3. The van der Waals surface area contributed by atoms with E-state index in [0.29, 0.717) is 5.84 Å². The van der Waals surface area contributed by atoms with Gasteiger partial charge in [-0.05, 0) is 32.0 Å². The van der Waals surface area contributed by atoms with Gasteiger partial charge in [0, 0.05) is 14.1 Å². The van der Waals surface area contributed by atoms with Crippen molar-refractivity contribution in [2.24, 2.45) is 4.99 Å². The molecule has 0 spiro atoms. The monoisotopic (exact) mass is 272 g/mol. The van der Waals surface area contributed by atoms with Crippen LogP contribution >= 0.6 is 0 Å². The van der Waals surface area contributed by atoms with Gasteiger partial charge in [-0.25, -0.2) is 0 Å². The molecule has 0 aliphatic rings. The Morgan fingerprint density at radius 1 is 1.28 bits per heavy atom. The summed E-state index contributed by atoms with van der Waals surface area (Å²) < 4.78 is 6.01. The first-order valence-electron chi connectivity index (χ1n) is 6.33. The van der Waals surface area contributed by atoms with E-state index in [0.717, 1.165) is 0 Å². The Labute approximate surface area is 113 Å². The summed E-state index contributed by atoms with van der Waals surface area (Å²) >= 11 is 0. The minimum atomic E-state index is -1.91. The summed E-state index contributed by atoms with van der Waals surface area (Å²) in [5.41, 5.74) is 0. The highest BCUT2D eigenvalue weighted by Crippen LogP contribution is 2.37. The molecular weight excluding hydrogens is 244 g/mol. The van der Waals surface area contributed by atoms with Crippen LogP contribution in [0.15, 0.2) is 4.99 Å². The second-order valence-corrected chi connectivity index (χ2v) is 11.2. The molecule has 5 heteroatoms. The van der Waals surface area contributed by atoms with Crippen molar-refractivity contribution in [1.82, 2.24) is 4.90 Å². The zero-order valence-corrected chi connectivity index (χ0v) is 14.3. The molecule has 0 N–H and O–H groups in total. The van der Waals surface area contributed by atoms with Gasteiger partial charge in [-0.15, -0.1) is 0 Å². The molecule has 0 unspecified atom stereocenters. The van der Waals surface area contributed by atoms with Gasteiger partial charge in [0.1, 0.15) is 11.9 Å². The average Bonchev–Trinajstić information content (AvgIpc) is 2.14. The van der Waals surface area contributed by atoms with Gasteiger partial charge in [-0.2, -0.15) is 4.99 Å². The third-order valence-electron chi connectivity index (χ3n) is 3.54. The first-order valence-corrected chi connectivity index (χ1v) is 9.23. The predicted octanol–water partition coefficient (Wildman–Crippen LogP) is 2.90. The Bertz CT molecular complexity index is 330. The summed E-state index contributed by atoms with van der Waals surface area (Å²) in [4.78, 5) is 17.8. The van der Waals surface area contributed by atoms with E-state index in [4.69, 9.17) is 4.43 Å². The first kappa shape index (κ1) is 17.3. The number of carbonyl (C=O) groups excluding carboxylic acids is 1. The highest BCUT2D eigenvalue weighted by Gasteiger charge is 2.39. The quantitative estimate of drug-likeness (QED) is 0.451. The lowest BCUT2D eigenvalue weighted by Gasteiger charge is -2.37. The number of carbonyl (C=O) groups is 1. The van der Waals surface area contributed by atoms with Crippen molar-refractivity contribution in [2.75, 3.05) is 14.1 Å². The van der Waals surface area contributed by atoms with Gasteiger partial charge in [0.05, 0.1) is 0 Å². The minimum absolute atomic E-state index is 0.0991. The third-order valence-corrected chi connectivity index (χ3v) is 8.10. The van der Waals surface area contributed by atoms with Crippen LogP contribution in [0.2, 0.25) is 18.1 Å². The van der Waals surface area contributed by atoms with Crippen molar-refractivity contribution in [1.29, 1.82) is 0 Å². The number of amides is 1. The van der Waals surface area contributed by atoms with Crippen molar-refractivity contribution in [3.8, 4) is 0 Å². The van der Waals surface area contributed by atoms with Crippen LogP contribution in [0, 0.1) is 0 Å². The lowest BCUT2D eigenvalue weighted by Crippen LogP contribution is -2.45. The van der Waals surface area contributed by atoms with Crippen LogP contribution in [-0.4, -0.2) is 45.2 Å². The normalized spacial score (nSPS) is 15.5. The molecule has 0 aromatic carbocycles. The van der Waals surface area contributed by atoms with E-state index in [1.165, 1.54) is 0 Å². The summed E-state index contributed by atoms with van der Waals surface area (Å²) in [5.74, 6) is 0.497. The first-order chi connectivity index (χ1) is 7.88. The molecule has 0 saturated heterocycles. The molecule has 1 amide bonds. The average molecular weight is 272 g/mol. The molecule has 0 heterocycles. The van der Waals surface area contributed by atoms with Gasteiger partial charge in [0.2, 0.25) is 0 Å². The smallest absolute Gasteiger partial charge is 0.274 e. The van der Waals surface area contributed by atoms with Crippen LogP contribution in [0.3, 0.4) is 0 Å². The molecule has 0 rings (SSSR count). The highest BCUT2D eigenvalue weighted by atomic mass is 28.4. The molecule has 0 aliphatic heterocycles. The topological polar surface area (TPSA) is 41.9 Å². The predicted molar refractivity (Wildman–Crippen MR) is 79.5 cm³/mol. The van der Waals surface area contributed by atoms with Crippen LogP contribution in [0.1, 0.15) is 34.6 Å². The van der Waals surface area contributed by atoms with Gasteiger partial charge in [-0.1, -0.05) is 20.8 Å². The molecule has 0 aromatic rings. The van der Waals surface area contributed by atoms with Crippen LogP contribution in [0.4, 0.5) is 0 Å². The zero-order chi connectivity index (χ0) is 14.7. The summed E-state index contributed by atoms with van der Waals surface area (Å²) in [6.07, 6.45) is -0.471. The Morgan fingerprint density at radius 2 is 1.72 bits per heavy atom. The highest BCUT2D eigenvalue weighted by molar-refractivity contribution is 6.74. The summed E-state index contributed by atoms with van der Waals surface area (Å²) in [6, 6.07) is 0. The second-order valence-electron chi connectivity index (χ2n) is 6.41. The fourth-order valence-corrected chi connectivity index (χ4v) is 2.36. The Balaban J connectivity index is 4.75. The largest absolute Gasteiger partial charge is 0.405 e. The van der Waals surface area contributed by atoms with Crippen LogP contribution in [-0.2, 0) is 9.22 Å². The van der Waals surface area contributed by atoms with E-state index in [1.54, 1.807) is 6.92 Å².